The zero-order valence-corrected chi connectivity index (χ0v) is 33.5. The number of hydrogen-bond donors (Lipinski definition) is 2. The topological polar surface area (TPSA) is 179 Å². The van der Waals surface area contributed by atoms with Crippen LogP contribution in [-0.4, -0.2) is 100 Å². The number of sulfonamides is 1. The number of nitrogens with one attached hydrogen (secondary N) is 2. The van der Waals surface area contributed by atoms with Gasteiger partial charge in [-0.2, -0.15) is 9.57 Å². The molecule has 4 saturated heterocycles. The first-order valence-electron chi connectivity index (χ1n) is 19.8. The van der Waals surface area contributed by atoms with Gasteiger partial charge in [0.1, 0.15) is 12.1 Å². The first-order valence-corrected chi connectivity index (χ1v) is 21.6. The molecule has 0 spiro atoms. The molecule has 1 atom stereocenters. The van der Waals surface area contributed by atoms with Crippen molar-refractivity contribution in [2.75, 3.05) is 56.0 Å². The molecule has 300 valence electrons. The number of imide groups is 1. The molecule has 4 aliphatic heterocycles. The number of piperidine rings is 4. The molecule has 8 rings (SSSR count). The summed E-state index contributed by atoms with van der Waals surface area (Å²) in [5.74, 6) is 0.483. The van der Waals surface area contributed by atoms with Crippen LogP contribution in [0.2, 0.25) is 5.02 Å². The van der Waals surface area contributed by atoms with Crippen molar-refractivity contribution in [3.05, 3.63) is 75.4 Å². The second-order valence-corrected chi connectivity index (χ2v) is 18.1. The molecule has 1 unspecified atom stereocenters. The number of carbonyl (C=O) groups excluding carboxylic acids is 2. The molecule has 0 radical (unpaired) electrons. The average molecular weight is 815 g/mol. The molecule has 4 aromatic rings. The van der Waals surface area contributed by atoms with Crippen molar-refractivity contribution in [2.45, 2.75) is 74.3 Å². The van der Waals surface area contributed by atoms with E-state index < -0.39 is 22.0 Å². The molecule has 0 aliphatic carbocycles. The van der Waals surface area contributed by atoms with Gasteiger partial charge in [-0.25, -0.2) is 23.2 Å². The van der Waals surface area contributed by atoms with Gasteiger partial charge in [-0.15, -0.1) is 0 Å². The van der Waals surface area contributed by atoms with Gasteiger partial charge in [0.25, 0.3) is 0 Å². The zero-order chi connectivity index (χ0) is 39.8. The molecule has 57 heavy (non-hydrogen) atoms. The van der Waals surface area contributed by atoms with E-state index >= 15 is 0 Å². The van der Waals surface area contributed by atoms with Crippen molar-refractivity contribution < 1.29 is 18.0 Å². The minimum Gasteiger partial charge on any atom is -0.370 e. The molecular formula is C40H47ClN10O5S. The highest BCUT2D eigenvalue weighted by atomic mass is 35.5. The summed E-state index contributed by atoms with van der Waals surface area (Å²) in [5, 5.41) is 16.1. The smallest absolute Gasteiger partial charge is 0.329 e. The summed E-state index contributed by atoms with van der Waals surface area (Å²) in [6.45, 7) is 5.04. The van der Waals surface area contributed by atoms with Gasteiger partial charge in [0.05, 0.1) is 44.6 Å². The van der Waals surface area contributed by atoms with E-state index in [0.29, 0.717) is 60.5 Å². The van der Waals surface area contributed by atoms with Crippen LogP contribution >= 0.6 is 11.6 Å². The number of anilines is 2. The van der Waals surface area contributed by atoms with Crippen LogP contribution in [0.5, 0.6) is 0 Å². The molecule has 0 bridgehead atoms. The van der Waals surface area contributed by atoms with Crippen LogP contribution in [0.25, 0.3) is 11.0 Å². The molecule has 2 aromatic heterocycles. The van der Waals surface area contributed by atoms with Crippen molar-refractivity contribution in [3.63, 3.8) is 0 Å². The fourth-order valence-electron chi connectivity index (χ4n) is 9.16. The van der Waals surface area contributed by atoms with Gasteiger partial charge in [-0.3, -0.25) is 24.0 Å². The lowest BCUT2D eigenvalue weighted by Crippen LogP contribution is -2.44. The normalized spacial score (nSPS) is 21.1. The minimum atomic E-state index is -3.76. The van der Waals surface area contributed by atoms with Gasteiger partial charge in [0.2, 0.25) is 27.8 Å². The van der Waals surface area contributed by atoms with E-state index in [-0.39, 0.29) is 34.9 Å². The Morgan fingerprint density at radius 1 is 0.930 bits per heavy atom. The van der Waals surface area contributed by atoms with Gasteiger partial charge in [0.15, 0.2) is 0 Å². The van der Waals surface area contributed by atoms with Gasteiger partial charge < -0.3 is 15.1 Å². The number of benzene rings is 2. The van der Waals surface area contributed by atoms with E-state index in [9.17, 15) is 28.1 Å². The Morgan fingerprint density at radius 3 is 2.33 bits per heavy atom. The Morgan fingerprint density at radius 2 is 1.65 bits per heavy atom. The number of aromatic nitrogens is 4. The Balaban J connectivity index is 0.862. The van der Waals surface area contributed by atoms with Crippen molar-refractivity contribution in [1.82, 2.24) is 33.6 Å². The van der Waals surface area contributed by atoms with Crippen LogP contribution in [0.4, 0.5) is 11.6 Å². The fraction of sp³-hybridized carbons (Fsp3) is 0.500. The maximum absolute atomic E-state index is 13.8. The van der Waals surface area contributed by atoms with Crippen molar-refractivity contribution in [1.29, 1.82) is 5.26 Å². The Hall–Kier alpha value is -4.82. The number of para-hydroxylation sites is 1. The summed E-state index contributed by atoms with van der Waals surface area (Å²) >= 11 is 5.90. The highest BCUT2D eigenvalue weighted by Gasteiger charge is 2.34. The summed E-state index contributed by atoms with van der Waals surface area (Å²) in [4.78, 5) is 51.2. The van der Waals surface area contributed by atoms with Crippen molar-refractivity contribution >= 4 is 56.1 Å². The number of amides is 2. The fourth-order valence-corrected chi connectivity index (χ4v) is 10.8. The van der Waals surface area contributed by atoms with Crippen LogP contribution in [-0.2, 0) is 26.7 Å². The quantitative estimate of drug-likeness (QED) is 0.234. The third kappa shape index (κ3) is 7.90. The average Bonchev–Trinajstić information content (AvgIpc) is 3.48. The first kappa shape index (κ1) is 39.0. The van der Waals surface area contributed by atoms with E-state index in [0.717, 1.165) is 75.0 Å². The molecule has 4 fully saturated rings. The maximum atomic E-state index is 13.8. The second kappa shape index (κ2) is 16.2. The molecule has 2 amide bonds. The van der Waals surface area contributed by atoms with Crippen molar-refractivity contribution in [2.24, 2.45) is 13.0 Å². The third-order valence-corrected chi connectivity index (χ3v) is 14.4. The molecule has 2 aromatic carbocycles. The largest absolute Gasteiger partial charge is 0.370 e. The molecule has 17 heteroatoms. The van der Waals surface area contributed by atoms with Gasteiger partial charge in [0, 0.05) is 52.2 Å². The highest BCUT2D eigenvalue weighted by molar-refractivity contribution is 7.89. The molecule has 2 N–H and O–H groups in total. The van der Waals surface area contributed by atoms with Crippen LogP contribution in [0.3, 0.4) is 0 Å². The second-order valence-electron chi connectivity index (χ2n) is 15.7. The lowest BCUT2D eigenvalue weighted by Gasteiger charge is -2.39. The van der Waals surface area contributed by atoms with E-state index in [4.69, 9.17) is 11.6 Å². The number of rotatable bonds is 9. The SMILES string of the molecule is Cn1c(=O)n(C2CCC(=O)NC2=O)c2cccc(C3CCN(CC4CCN(c5cc(S(=O)(=O)N6CCC(Nc7ncc(Cl)cn7)CC6)ccc5C#N)CC4)CC3)c21. The van der Waals surface area contributed by atoms with E-state index in [1.54, 1.807) is 34.4 Å². The molecule has 0 saturated carbocycles. The summed E-state index contributed by atoms with van der Waals surface area (Å²) in [7, 11) is -2.00. The van der Waals surface area contributed by atoms with Gasteiger partial charge >= 0.3 is 5.69 Å². The Bertz CT molecular complexity index is 2370. The Kier molecular flexibility index (Phi) is 11.1. The number of nitriles is 1. The minimum absolute atomic E-state index is 0.0419. The number of likely N-dealkylation sites (tertiary alicyclic amines) is 1. The summed E-state index contributed by atoms with van der Waals surface area (Å²) < 4.78 is 32.4. The third-order valence-electron chi connectivity index (χ3n) is 12.3. The number of fused-ring (bicyclic) bond motifs is 1. The predicted molar refractivity (Wildman–Crippen MR) is 216 cm³/mol. The van der Waals surface area contributed by atoms with Crippen LogP contribution in [0.15, 0.2) is 58.5 Å². The number of halogens is 1. The van der Waals surface area contributed by atoms with Crippen LogP contribution in [0.1, 0.15) is 74.5 Å². The van der Waals surface area contributed by atoms with E-state index in [1.165, 1.54) is 16.7 Å². The molecule has 4 aliphatic rings. The van der Waals surface area contributed by atoms with Gasteiger partial charge in [-0.1, -0.05) is 23.7 Å². The zero-order valence-electron chi connectivity index (χ0n) is 31.9. The number of carbonyl (C=O) groups is 2. The van der Waals surface area contributed by atoms with E-state index in [1.807, 2.05) is 12.1 Å². The highest BCUT2D eigenvalue weighted by Crippen LogP contribution is 2.36. The van der Waals surface area contributed by atoms with Crippen molar-refractivity contribution in [3.8, 4) is 6.07 Å². The molecule has 6 heterocycles. The summed E-state index contributed by atoms with van der Waals surface area (Å²) in [5.41, 5.74) is 3.60. The number of nitrogens with zero attached hydrogens (tertiary/aromatic N) is 8. The number of imidazole rings is 1. The first-order chi connectivity index (χ1) is 27.5. The maximum Gasteiger partial charge on any atom is 0.329 e. The van der Waals surface area contributed by atoms with Gasteiger partial charge in [-0.05, 0) is 99.7 Å². The Labute approximate surface area is 336 Å². The monoisotopic (exact) mass is 814 g/mol. The summed E-state index contributed by atoms with van der Waals surface area (Å²) in [6.07, 6.45) is 8.56. The molecule has 15 nitrogen and oxygen atoms in total. The predicted octanol–water partition coefficient (Wildman–Crippen LogP) is 3.99. The van der Waals surface area contributed by atoms with E-state index in [2.05, 4.69) is 42.5 Å². The number of hydrogen-bond acceptors (Lipinski definition) is 11. The lowest BCUT2D eigenvalue weighted by molar-refractivity contribution is -0.135. The summed E-state index contributed by atoms with van der Waals surface area (Å²) in [6, 6.07) is 12.4. The molecular weight excluding hydrogens is 768 g/mol. The number of aryl methyl sites for hydroxylation is 1. The van der Waals surface area contributed by atoms with Crippen LogP contribution in [0, 0.1) is 17.2 Å². The van der Waals surface area contributed by atoms with Crippen LogP contribution < -0.4 is 21.2 Å². The standard InChI is InChI=1S/C40H47ClN10O5S/c1-47-37-32(3-2-4-33(37)51(40(47)54)34-7-8-36(52)46-38(34)53)27-11-15-48(16-12-27)25-26-9-17-49(18-10-26)35-21-31(6-5-28(35)22-42)57(55,56)50-19-13-30(14-20-50)45-39-43-23-29(41)24-44-39/h2-6,21,23-24,26-27,30,34H,7-20,25H2,1H3,(H,43,44,45)(H,46,52,53). The lowest BCUT2D eigenvalue weighted by atomic mass is 9.87.